The number of hydrogen-bond donors (Lipinski definition) is 1. The number of para-hydroxylation sites is 1. The van der Waals surface area contributed by atoms with Gasteiger partial charge in [-0.1, -0.05) is 12.1 Å². The van der Waals surface area contributed by atoms with E-state index in [4.69, 9.17) is 9.84 Å². The summed E-state index contributed by atoms with van der Waals surface area (Å²) in [5, 5.41) is 9.07. The lowest BCUT2D eigenvalue weighted by atomic mass is 10.3. The summed E-state index contributed by atoms with van der Waals surface area (Å²) in [6.07, 6.45) is 0. The minimum Gasteiger partial charge on any atom is -0.495 e. The van der Waals surface area contributed by atoms with E-state index in [-0.39, 0.29) is 22.3 Å². The van der Waals surface area contributed by atoms with Gasteiger partial charge >= 0.3 is 5.97 Å². The molecular weight excluding hydrogens is 290 g/mol. The van der Waals surface area contributed by atoms with Crippen LogP contribution in [0.1, 0.15) is 0 Å². The van der Waals surface area contributed by atoms with Crippen LogP contribution < -0.4 is 4.74 Å². The Labute approximate surface area is 115 Å². The number of sulfonamides is 1. The number of methoxy groups -OCH3 is 1. The Bertz CT molecular complexity index is 587. The van der Waals surface area contributed by atoms with Crippen molar-refractivity contribution in [1.29, 1.82) is 0 Å². The first-order valence-corrected chi connectivity index (χ1v) is 8.03. The quantitative estimate of drug-likeness (QED) is 0.887. The highest BCUT2D eigenvalue weighted by molar-refractivity contribution is 8.00. The second-order valence-corrected chi connectivity index (χ2v) is 6.76. The second-order valence-electron chi connectivity index (χ2n) is 3.90. The van der Waals surface area contributed by atoms with E-state index in [2.05, 4.69) is 0 Å². The van der Waals surface area contributed by atoms with Crippen molar-refractivity contribution in [3.8, 4) is 5.75 Å². The molecule has 0 bridgehead atoms. The summed E-state index contributed by atoms with van der Waals surface area (Å²) >= 11 is 1.28. The van der Waals surface area contributed by atoms with Gasteiger partial charge in [-0.2, -0.15) is 4.31 Å². The zero-order valence-corrected chi connectivity index (χ0v) is 11.8. The first-order chi connectivity index (χ1) is 8.98. The monoisotopic (exact) mass is 303 g/mol. The molecule has 1 aliphatic heterocycles. The molecule has 0 aliphatic carbocycles. The Balaban J connectivity index is 2.45. The summed E-state index contributed by atoms with van der Waals surface area (Å²) in [6.45, 7) is 0. The highest BCUT2D eigenvalue weighted by Crippen LogP contribution is 2.32. The fourth-order valence-corrected chi connectivity index (χ4v) is 5.11. The summed E-state index contributed by atoms with van der Waals surface area (Å²) in [7, 11) is -2.49. The van der Waals surface area contributed by atoms with Gasteiger partial charge in [0.15, 0.2) is 0 Å². The molecule has 0 spiro atoms. The lowest BCUT2D eigenvalue weighted by Gasteiger charge is -2.21. The van der Waals surface area contributed by atoms with Gasteiger partial charge in [-0.3, -0.25) is 4.79 Å². The fourth-order valence-electron chi connectivity index (χ4n) is 1.82. The van der Waals surface area contributed by atoms with E-state index in [9.17, 15) is 13.2 Å². The van der Waals surface area contributed by atoms with Crippen molar-refractivity contribution < 1.29 is 23.1 Å². The number of carbonyl (C=O) groups is 1. The van der Waals surface area contributed by atoms with Crippen molar-refractivity contribution in [2.75, 3.05) is 18.7 Å². The van der Waals surface area contributed by atoms with Crippen LogP contribution >= 0.6 is 11.8 Å². The first-order valence-electron chi connectivity index (χ1n) is 5.44. The Morgan fingerprint density at radius 1 is 1.47 bits per heavy atom. The minimum absolute atomic E-state index is 0.00810. The molecule has 0 amide bonds. The Morgan fingerprint density at radius 3 is 2.79 bits per heavy atom. The van der Waals surface area contributed by atoms with E-state index in [0.29, 0.717) is 0 Å². The smallest absolute Gasteiger partial charge is 0.322 e. The molecule has 0 saturated carbocycles. The van der Waals surface area contributed by atoms with Crippen LogP contribution in [0.25, 0.3) is 0 Å². The van der Waals surface area contributed by atoms with Crippen LogP contribution in [-0.2, 0) is 14.8 Å². The predicted molar refractivity (Wildman–Crippen MR) is 70.8 cm³/mol. The summed E-state index contributed by atoms with van der Waals surface area (Å²) in [6, 6.07) is 5.15. The number of nitrogens with zero attached hydrogens (tertiary/aromatic N) is 1. The summed E-state index contributed by atoms with van der Waals surface area (Å²) in [5.74, 6) is -0.534. The lowest BCUT2D eigenvalue weighted by Crippen LogP contribution is -2.41. The molecule has 1 aliphatic rings. The number of thioether (sulfide) groups is 1. The Morgan fingerprint density at radius 2 is 2.16 bits per heavy atom. The van der Waals surface area contributed by atoms with E-state index >= 15 is 0 Å². The third kappa shape index (κ3) is 2.56. The predicted octanol–water partition coefficient (Wildman–Crippen LogP) is 0.843. The highest BCUT2D eigenvalue weighted by Gasteiger charge is 2.41. The first kappa shape index (κ1) is 14.2. The molecule has 1 saturated heterocycles. The zero-order chi connectivity index (χ0) is 14.0. The van der Waals surface area contributed by atoms with Gasteiger partial charge in [-0.15, -0.1) is 11.8 Å². The molecule has 6 nitrogen and oxygen atoms in total. The number of benzene rings is 1. The van der Waals surface area contributed by atoms with Crippen molar-refractivity contribution >= 4 is 27.8 Å². The van der Waals surface area contributed by atoms with Gasteiger partial charge in [-0.25, -0.2) is 8.42 Å². The SMILES string of the molecule is COc1ccccc1S(=O)(=O)N1CSCC1C(=O)O. The molecule has 1 heterocycles. The lowest BCUT2D eigenvalue weighted by molar-refractivity contribution is -0.140. The van der Waals surface area contributed by atoms with Crippen molar-refractivity contribution in [3.05, 3.63) is 24.3 Å². The summed E-state index contributed by atoms with van der Waals surface area (Å²) < 4.78 is 31.0. The average molecular weight is 303 g/mol. The normalized spacial score (nSPS) is 20.4. The van der Waals surface area contributed by atoms with Gasteiger partial charge in [0.05, 0.1) is 13.0 Å². The summed E-state index contributed by atoms with van der Waals surface area (Å²) in [5.41, 5.74) is 0. The van der Waals surface area contributed by atoms with Crippen LogP contribution in [0.3, 0.4) is 0 Å². The average Bonchev–Trinajstić information content (AvgIpc) is 2.88. The Hall–Kier alpha value is -1.25. The molecule has 0 radical (unpaired) electrons. The van der Waals surface area contributed by atoms with Crippen molar-refractivity contribution in [3.63, 3.8) is 0 Å². The maximum atomic E-state index is 12.5. The molecule has 1 unspecified atom stereocenters. The molecule has 1 aromatic rings. The molecule has 2 rings (SSSR count). The van der Waals surface area contributed by atoms with Crippen molar-refractivity contribution in [1.82, 2.24) is 4.31 Å². The molecule has 1 aromatic carbocycles. The van der Waals surface area contributed by atoms with Crippen LogP contribution in [0.15, 0.2) is 29.2 Å². The van der Waals surface area contributed by atoms with E-state index in [1.54, 1.807) is 12.1 Å². The number of carboxylic acid groups (broad SMARTS) is 1. The van der Waals surface area contributed by atoms with Crippen molar-refractivity contribution in [2.24, 2.45) is 0 Å². The molecule has 1 atom stereocenters. The van der Waals surface area contributed by atoms with Crippen LogP contribution in [0.5, 0.6) is 5.75 Å². The maximum absolute atomic E-state index is 12.5. The number of aliphatic carboxylic acids is 1. The van der Waals surface area contributed by atoms with Crippen LogP contribution in [0.4, 0.5) is 0 Å². The van der Waals surface area contributed by atoms with E-state index in [0.717, 1.165) is 4.31 Å². The molecule has 1 N–H and O–H groups in total. The second kappa shape index (κ2) is 5.40. The highest BCUT2D eigenvalue weighted by atomic mass is 32.2. The van der Waals surface area contributed by atoms with E-state index in [1.807, 2.05) is 0 Å². The van der Waals surface area contributed by atoms with Gasteiger partial charge < -0.3 is 9.84 Å². The minimum atomic E-state index is -3.87. The molecular formula is C11H13NO5S2. The molecule has 1 fully saturated rings. The standard InChI is InChI=1S/C11H13NO5S2/c1-17-9-4-2-3-5-10(9)19(15,16)12-7-18-6-8(12)11(13)14/h2-5,8H,6-7H2,1H3,(H,13,14). The van der Waals surface area contributed by atoms with Crippen LogP contribution in [-0.4, -0.2) is 48.6 Å². The largest absolute Gasteiger partial charge is 0.495 e. The number of hydrogen-bond acceptors (Lipinski definition) is 5. The fraction of sp³-hybridized carbons (Fsp3) is 0.364. The topological polar surface area (TPSA) is 83.9 Å². The van der Waals surface area contributed by atoms with Crippen LogP contribution in [0, 0.1) is 0 Å². The number of ether oxygens (including phenoxy) is 1. The Kier molecular flexibility index (Phi) is 4.02. The van der Waals surface area contributed by atoms with E-state index < -0.39 is 22.0 Å². The third-order valence-electron chi connectivity index (χ3n) is 2.78. The molecule has 8 heteroatoms. The molecule has 104 valence electrons. The van der Waals surface area contributed by atoms with E-state index in [1.165, 1.54) is 31.0 Å². The van der Waals surface area contributed by atoms with Gasteiger partial charge in [0.25, 0.3) is 0 Å². The van der Waals surface area contributed by atoms with Gasteiger partial charge in [0.1, 0.15) is 16.7 Å². The maximum Gasteiger partial charge on any atom is 0.322 e. The van der Waals surface area contributed by atoms with Gasteiger partial charge in [0.2, 0.25) is 10.0 Å². The number of carboxylic acids is 1. The van der Waals surface area contributed by atoms with Gasteiger partial charge in [-0.05, 0) is 12.1 Å². The molecule has 0 aromatic heterocycles. The van der Waals surface area contributed by atoms with Gasteiger partial charge in [0, 0.05) is 5.75 Å². The summed E-state index contributed by atoms with van der Waals surface area (Å²) in [4.78, 5) is 11.1. The third-order valence-corrected chi connectivity index (χ3v) is 5.85. The van der Waals surface area contributed by atoms with Crippen molar-refractivity contribution in [2.45, 2.75) is 10.9 Å². The number of rotatable bonds is 4. The van der Waals surface area contributed by atoms with Crippen LogP contribution in [0.2, 0.25) is 0 Å². The zero-order valence-electron chi connectivity index (χ0n) is 10.1. The molecule has 19 heavy (non-hydrogen) atoms.